The van der Waals surface area contributed by atoms with Crippen molar-refractivity contribution in [1.29, 1.82) is 0 Å². The topological polar surface area (TPSA) is 75.3 Å². The number of carbonyl (C=O) groups is 1. The van der Waals surface area contributed by atoms with Crippen molar-refractivity contribution in [2.45, 2.75) is 45.4 Å². The minimum atomic E-state index is -3.55. The van der Waals surface area contributed by atoms with E-state index in [1.807, 2.05) is 13.8 Å². The number of terminal acetylenes is 1. The molecular formula is C23H32N2O3S. The second-order valence-corrected chi connectivity index (χ2v) is 10.0. The summed E-state index contributed by atoms with van der Waals surface area (Å²) in [4.78, 5) is 12.4. The molecule has 0 aliphatic heterocycles. The Kier molecular flexibility index (Phi) is 8.06. The van der Waals surface area contributed by atoms with Crippen LogP contribution in [0.15, 0.2) is 40.8 Å². The molecule has 0 fully saturated rings. The van der Waals surface area contributed by atoms with Gasteiger partial charge in [-0.05, 0) is 56.1 Å². The highest BCUT2D eigenvalue weighted by Crippen LogP contribution is 2.38. The summed E-state index contributed by atoms with van der Waals surface area (Å²) in [6.07, 6.45) is 8.62. The van der Waals surface area contributed by atoms with Crippen LogP contribution in [-0.4, -0.2) is 27.4 Å². The number of allylic oxidation sites excluding steroid dienone is 1. The molecule has 1 aromatic carbocycles. The number of aryl methyl sites for hydroxylation is 1. The molecule has 2 N–H and O–H groups in total. The van der Waals surface area contributed by atoms with Gasteiger partial charge in [-0.25, -0.2) is 13.1 Å². The standard InChI is InChI=1S/C23H32N2O3S/c1-6-11-24-23(26)14-19-13-22(16(2)3)20(12-18(19)5)15-25-29(27,28)21-9-7-17(4)8-10-21/h1,7-10,12,16,19-20,22,25H,11,13-15H2,2-5H3,(H,24,26)/t19-,20-,22-/m0/s1. The van der Waals surface area contributed by atoms with Gasteiger partial charge in [-0.15, -0.1) is 6.42 Å². The largest absolute Gasteiger partial charge is 0.345 e. The molecule has 0 saturated carbocycles. The van der Waals surface area contributed by atoms with Gasteiger partial charge < -0.3 is 5.32 Å². The number of hydrogen-bond donors (Lipinski definition) is 2. The van der Waals surface area contributed by atoms with Crippen LogP contribution in [-0.2, 0) is 14.8 Å². The first-order valence-corrected chi connectivity index (χ1v) is 11.6. The van der Waals surface area contributed by atoms with E-state index in [1.165, 1.54) is 0 Å². The Morgan fingerprint density at radius 2 is 1.90 bits per heavy atom. The summed E-state index contributed by atoms with van der Waals surface area (Å²) in [5, 5.41) is 2.73. The monoisotopic (exact) mass is 416 g/mol. The predicted octanol–water partition coefficient (Wildman–Crippen LogP) is 3.27. The zero-order valence-corrected chi connectivity index (χ0v) is 18.6. The van der Waals surface area contributed by atoms with Crippen LogP contribution in [0.1, 0.15) is 39.2 Å². The van der Waals surface area contributed by atoms with Gasteiger partial charge in [0.2, 0.25) is 15.9 Å². The summed E-state index contributed by atoms with van der Waals surface area (Å²) in [7, 11) is -3.55. The lowest BCUT2D eigenvalue weighted by Crippen LogP contribution is -2.37. The van der Waals surface area contributed by atoms with Gasteiger partial charge in [-0.2, -0.15) is 0 Å². The molecular weight excluding hydrogens is 384 g/mol. The van der Waals surface area contributed by atoms with Crippen LogP contribution in [0.4, 0.5) is 0 Å². The van der Waals surface area contributed by atoms with Crippen LogP contribution in [0, 0.1) is 42.9 Å². The van der Waals surface area contributed by atoms with Crippen LogP contribution >= 0.6 is 0 Å². The molecule has 0 unspecified atom stereocenters. The van der Waals surface area contributed by atoms with E-state index in [4.69, 9.17) is 6.42 Å². The summed E-state index contributed by atoms with van der Waals surface area (Å²) in [6.45, 7) is 8.84. The summed E-state index contributed by atoms with van der Waals surface area (Å²) >= 11 is 0. The number of nitrogens with one attached hydrogen (secondary N) is 2. The van der Waals surface area contributed by atoms with Gasteiger partial charge in [-0.1, -0.05) is 49.1 Å². The number of rotatable bonds is 8. The third-order valence-electron chi connectivity index (χ3n) is 5.74. The molecule has 1 aliphatic carbocycles. The molecule has 0 spiro atoms. The second-order valence-electron chi connectivity index (χ2n) is 8.26. The van der Waals surface area contributed by atoms with Crippen LogP contribution in [0.3, 0.4) is 0 Å². The van der Waals surface area contributed by atoms with Crippen LogP contribution in [0.5, 0.6) is 0 Å². The minimum Gasteiger partial charge on any atom is -0.345 e. The van der Waals surface area contributed by atoms with Gasteiger partial charge in [0, 0.05) is 13.0 Å². The quantitative estimate of drug-likeness (QED) is 0.504. The minimum absolute atomic E-state index is 0.0401. The molecule has 158 valence electrons. The SMILES string of the molecule is C#CCNC(=O)C[C@@H]1C[C@@H](C(C)C)[C@H](CNS(=O)(=O)c2ccc(C)cc2)C=C1C. The van der Waals surface area contributed by atoms with Crippen LogP contribution in [0.2, 0.25) is 0 Å². The van der Waals surface area contributed by atoms with Gasteiger partial charge in [0.05, 0.1) is 11.4 Å². The third kappa shape index (κ3) is 6.45. The summed E-state index contributed by atoms with van der Waals surface area (Å²) in [5.74, 6) is 3.31. The van der Waals surface area contributed by atoms with Gasteiger partial charge in [-0.3, -0.25) is 4.79 Å². The molecule has 1 amide bonds. The van der Waals surface area contributed by atoms with E-state index in [9.17, 15) is 13.2 Å². The van der Waals surface area contributed by atoms with Crippen molar-refractivity contribution in [2.75, 3.05) is 13.1 Å². The maximum absolute atomic E-state index is 12.7. The molecule has 3 atom stereocenters. The van der Waals surface area contributed by atoms with Crippen molar-refractivity contribution >= 4 is 15.9 Å². The van der Waals surface area contributed by atoms with Crippen molar-refractivity contribution in [2.24, 2.45) is 23.7 Å². The molecule has 0 radical (unpaired) electrons. The molecule has 6 heteroatoms. The molecule has 5 nitrogen and oxygen atoms in total. The molecule has 0 saturated heterocycles. The average Bonchev–Trinajstić information content (AvgIpc) is 2.66. The molecule has 29 heavy (non-hydrogen) atoms. The van der Waals surface area contributed by atoms with E-state index >= 15 is 0 Å². The zero-order chi connectivity index (χ0) is 21.6. The molecule has 2 rings (SSSR count). The van der Waals surface area contributed by atoms with E-state index in [-0.39, 0.29) is 29.2 Å². The lowest BCUT2D eigenvalue weighted by atomic mass is 9.70. The van der Waals surface area contributed by atoms with Crippen LogP contribution < -0.4 is 10.0 Å². The Hall–Kier alpha value is -2.10. The fraction of sp³-hybridized carbons (Fsp3) is 0.522. The third-order valence-corrected chi connectivity index (χ3v) is 7.18. The second kappa shape index (κ2) is 10.1. The van der Waals surface area contributed by atoms with Crippen molar-refractivity contribution in [1.82, 2.24) is 10.0 Å². The van der Waals surface area contributed by atoms with Crippen LogP contribution in [0.25, 0.3) is 0 Å². The molecule has 0 bridgehead atoms. The maximum atomic E-state index is 12.7. The van der Waals surface area contributed by atoms with E-state index in [0.717, 1.165) is 17.6 Å². The highest BCUT2D eigenvalue weighted by molar-refractivity contribution is 7.89. The Bertz CT molecular complexity index is 880. The fourth-order valence-electron chi connectivity index (χ4n) is 3.96. The predicted molar refractivity (Wildman–Crippen MR) is 117 cm³/mol. The molecule has 1 aliphatic rings. The first-order chi connectivity index (χ1) is 13.6. The van der Waals surface area contributed by atoms with Gasteiger partial charge in [0.1, 0.15) is 0 Å². The summed E-state index contributed by atoms with van der Waals surface area (Å²) in [6, 6.07) is 6.85. The summed E-state index contributed by atoms with van der Waals surface area (Å²) < 4.78 is 28.1. The Balaban J connectivity index is 2.10. The van der Waals surface area contributed by atoms with E-state index in [0.29, 0.717) is 24.8 Å². The average molecular weight is 417 g/mol. The number of sulfonamides is 1. The Morgan fingerprint density at radius 1 is 1.24 bits per heavy atom. The van der Waals surface area contributed by atoms with Gasteiger partial charge in [0.25, 0.3) is 0 Å². The Morgan fingerprint density at radius 3 is 2.48 bits per heavy atom. The maximum Gasteiger partial charge on any atom is 0.240 e. The van der Waals surface area contributed by atoms with Gasteiger partial charge >= 0.3 is 0 Å². The highest BCUT2D eigenvalue weighted by atomic mass is 32.2. The molecule has 0 aromatic heterocycles. The lowest BCUT2D eigenvalue weighted by molar-refractivity contribution is -0.121. The first-order valence-electron chi connectivity index (χ1n) is 10.1. The normalized spacial score (nSPS) is 22.1. The van der Waals surface area contributed by atoms with Crippen molar-refractivity contribution in [3.8, 4) is 12.3 Å². The van der Waals surface area contributed by atoms with E-state index in [1.54, 1.807) is 24.3 Å². The zero-order valence-electron chi connectivity index (χ0n) is 17.7. The molecule has 1 aromatic rings. The number of hydrogen-bond acceptors (Lipinski definition) is 3. The summed E-state index contributed by atoms with van der Waals surface area (Å²) in [5.41, 5.74) is 2.16. The van der Waals surface area contributed by atoms with Crippen molar-refractivity contribution in [3.05, 3.63) is 41.5 Å². The van der Waals surface area contributed by atoms with Crippen molar-refractivity contribution in [3.63, 3.8) is 0 Å². The highest BCUT2D eigenvalue weighted by Gasteiger charge is 2.33. The molecule has 0 heterocycles. The Labute approximate surface area is 175 Å². The smallest absolute Gasteiger partial charge is 0.240 e. The number of benzene rings is 1. The van der Waals surface area contributed by atoms with E-state index < -0.39 is 10.0 Å². The van der Waals surface area contributed by atoms with Gasteiger partial charge in [0.15, 0.2) is 0 Å². The lowest BCUT2D eigenvalue weighted by Gasteiger charge is -2.37. The number of amides is 1. The van der Waals surface area contributed by atoms with E-state index in [2.05, 4.69) is 35.9 Å². The first kappa shape index (κ1) is 23.2. The number of carbonyl (C=O) groups excluding carboxylic acids is 1. The fourth-order valence-corrected chi connectivity index (χ4v) is 5.03. The van der Waals surface area contributed by atoms with Crippen molar-refractivity contribution < 1.29 is 13.2 Å².